The Labute approximate surface area is 567 Å². The molecular weight excluding hydrogens is 1170 g/mol. The van der Waals surface area contributed by atoms with Crippen LogP contribution in [0.25, 0.3) is 77.2 Å². The minimum atomic E-state index is -0.581. The van der Waals surface area contributed by atoms with E-state index in [1.54, 1.807) is 12.1 Å². The maximum atomic E-state index is 17.1. The van der Waals surface area contributed by atoms with Gasteiger partial charge in [-0.1, -0.05) is 222 Å². The molecule has 0 aliphatic rings. The third-order valence-electron chi connectivity index (χ3n) is 19.8. The number of phenols is 2. The number of aromatic nitrogens is 2. The number of phenolic OH excluding ortho intramolecular Hbond substituents is 2. The van der Waals surface area contributed by atoms with E-state index >= 15 is 8.78 Å². The van der Waals surface area contributed by atoms with Crippen LogP contribution in [0, 0.1) is 33.8 Å². The Bertz CT molecular complexity index is 4150. The third-order valence-corrected chi connectivity index (χ3v) is 19.8. The summed E-state index contributed by atoms with van der Waals surface area (Å²) in [5, 5.41) is 30.7. The van der Waals surface area contributed by atoms with E-state index in [4.69, 9.17) is 9.47 Å². The monoisotopic (exact) mass is 1280 g/mol. The van der Waals surface area contributed by atoms with E-state index in [0.717, 1.165) is 67.6 Å². The number of halogens is 2. The fraction of sp³-hybridized carbons (Fsp3) is 0.448. The van der Waals surface area contributed by atoms with Gasteiger partial charge in [0.15, 0.2) is 23.1 Å². The fourth-order valence-electron chi connectivity index (χ4n) is 14.7. The molecule has 8 aromatic carbocycles. The van der Waals surface area contributed by atoms with Gasteiger partial charge in [0.1, 0.15) is 11.5 Å². The molecule has 8 heteroatoms. The molecule has 504 valence electrons. The number of hydrogen-bond acceptors (Lipinski definition) is 4. The lowest BCUT2D eigenvalue weighted by atomic mass is 9.71. The average Bonchev–Trinajstić information content (AvgIpc) is 1.56. The molecule has 2 N–H and O–H groups in total. The van der Waals surface area contributed by atoms with Gasteiger partial charge in [-0.05, 0) is 180 Å². The second-order valence-electron chi connectivity index (χ2n) is 36.5. The Balaban J connectivity index is 1.09. The van der Waals surface area contributed by atoms with E-state index in [1.807, 2.05) is 24.3 Å². The van der Waals surface area contributed by atoms with Crippen molar-refractivity contribution in [2.24, 2.45) is 22.2 Å². The first kappa shape index (κ1) is 70.2. The molecule has 0 amide bonds. The summed E-state index contributed by atoms with van der Waals surface area (Å²) in [7, 11) is 0. The first-order valence-electron chi connectivity index (χ1n) is 34.4. The smallest absolute Gasteiger partial charge is 0.165 e. The average molecular weight is 1280 g/mol. The topological polar surface area (TPSA) is 68.8 Å². The van der Waals surface area contributed by atoms with Crippen molar-refractivity contribution >= 4 is 43.6 Å². The van der Waals surface area contributed by atoms with Gasteiger partial charge in [-0.25, -0.2) is 8.78 Å². The maximum Gasteiger partial charge on any atom is 0.165 e. The minimum Gasteiger partial charge on any atom is -0.505 e. The second kappa shape index (κ2) is 24.2. The predicted octanol–water partition coefficient (Wildman–Crippen LogP) is 24.6. The van der Waals surface area contributed by atoms with Crippen molar-refractivity contribution in [3.63, 3.8) is 0 Å². The molecule has 0 radical (unpaired) electrons. The molecule has 2 heterocycles. The van der Waals surface area contributed by atoms with Crippen LogP contribution in [0.15, 0.2) is 133 Å². The summed E-state index contributed by atoms with van der Waals surface area (Å²) in [6.07, 6.45) is 1.65. The van der Waals surface area contributed by atoms with Crippen LogP contribution in [0.3, 0.4) is 0 Å². The molecule has 6 nitrogen and oxygen atoms in total. The molecule has 95 heavy (non-hydrogen) atoms. The van der Waals surface area contributed by atoms with Crippen LogP contribution in [-0.4, -0.2) is 32.6 Å². The predicted molar refractivity (Wildman–Crippen MR) is 399 cm³/mol. The van der Waals surface area contributed by atoms with Crippen LogP contribution >= 0.6 is 0 Å². The SMILES string of the molecule is CC(C)(C)CC(C)(C)c1cc(-c2cccc(F)c2OCC(COc2c(F)cccc2-c2cc(C(C)(C)CC(C)(C)C)cc(-n3c4ccc(C(C)(C)C)cc4c4cc(C(C)(C)C)ccc43)c2O)C(C)(C)C)c(O)c(-n2c3ccc(C(C)(C)C)cc3c3cc(C(C)(C)C)ccc32)c1. The number of ether oxygens (including phenoxy) is 2. The number of para-hydroxylation sites is 2. The molecule has 0 fully saturated rings. The summed E-state index contributed by atoms with van der Waals surface area (Å²) in [5.74, 6) is -1.62. The Kier molecular flexibility index (Phi) is 17.9. The lowest BCUT2D eigenvalue weighted by molar-refractivity contribution is 0.0889. The van der Waals surface area contributed by atoms with E-state index in [-0.39, 0.29) is 68.7 Å². The van der Waals surface area contributed by atoms with E-state index in [1.165, 1.54) is 34.4 Å². The minimum absolute atomic E-state index is 0.00286. The van der Waals surface area contributed by atoms with Gasteiger partial charge in [-0.15, -0.1) is 0 Å². The van der Waals surface area contributed by atoms with Crippen LogP contribution in [-0.2, 0) is 32.5 Å². The molecule has 0 atom stereocenters. The van der Waals surface area contributed by atoms with Crippen molar-refractivity contribution in [1.82, 2.24) is 9.13 Å². The summed E-state index contributed by atoms with van der Waals surface area (Å²) >= 11 is 0. The highest BCUT2D eigenvalue weighted by Gasteiger charge is 2.36. The highest BCUT2D eigenvalue weighted by molar-refractivity contribution is 6.11. The summed E-state index contributed by atoms with van der Waals surface area (Å²) < 4.78 is 52.3. The molecule has 0 bridgehead atoms. The number of hydrogen-bond donors (Lipinski definition) is 2. The molecule has 0 unspecified atom stereocenters. The lowest BCUT2D eigenvalue weighted by Crippen LogP contribution is -2.32. The number of nitrogens with zero attached hydrogens (tertiary/aromatic N) is 2. The Hall–Kier alpha value is -7.58. The van der Waals surface area contributed by atoms with Gasteiger partial charge < -0.3 is 28.8 Å². The van der Waals surface area contributed by atoms with Gasteiger partial charge >= 0.3 is 0 Å². The molecule has 0 aliphatic carbocycles. The van der Waals surface area contributed by atoms with Crippen LogP contribution in [0.5, 0.6) is 23.0 Å². The van der Waals surface area contributed by atoms with Gasteiger partial charge in [0.05, 0.1) is 46.7 Å². The first-order chi connectivity index (χ1) is 43.6. The number of aromatic hydroxyl groups is 2. The standard InChI is InChI=1S/C87H108F2N2O4/c1-79(2,3)50-86(22,23)56-44-65(75(92)73(46-56)90-69-36-32-52(81(7,8)9)40-61(69)62-41-53(82(10,11)12)33-37-70(62)90)59-28-26-30-67(88)77(59)94-48-58(85(19,20)21)49-95-78-60(29-27-31-68(78)89)66-45-57(87(24,25)51-80(4,5)6)47-74(76(66)93)91-71-38-34-54(83(13,14)15)42-63(71)64-43-55(84(16,17)18)35-39-72(64)91/h26-47,58,92-93H,48-51H2,1-25H3. The van der Waals surface area contributed by atoms with Crippen LogP contribution < -0.4 is 9.47 Å². The van der Waals surface area contributed by atoms with Gasteiger partial charge in [0.25, 0.3) is 0 Å². The Morgan fingerprint density at radius 3 is 0.884 bits per heavy atom. The van der Waals surface area contributed by atoms with E-state index in [9.17, 15) is 10.2 Å². The van der Waals surface area contributed by atoms with Gasteiger partial charge in [-0.3, -0.25) is 0 Å². The summed E-state index contributed by atoms with van der Waals surface area (Å²) in [5.41, 5.74) is 11.6. The summed E-state index contributed by atoms with van der Waals surface area (Å²) in [6, 6.07) is 44.8. The molecule has 10 aromatic rings. The molecule has 0 aliphatic heterocycles. The van der Waals surface area contributed by atoms with E-state index in [0.29, 0.717) is 33.6 Å². The zero-order valence-corrected chi connectivity index (χ0v) is 62.0. The van der Waals surface area contributed by atoms with Gasteiger partial charge in [-0.2, -0.15) is 0 Å². The quantitative estimate of drug-likeness (QED) is 0.114. The zero-order chi connectivity index (χ0) is 70.0. The second-order valence-corrected chi connectivity index (χ2v) is 36.5. The molecule has 0 saturated carbocycles. The van der Waals surface area contributed by atoms with Crippen LogP contribution in [0.4, 0.5) is 8.78 Å². The zero-order valence-electron chi connectivity index (χ0n) is 62.0. The summed E-state index contributed by atoms with van der Waals surface area (Å²) in [4.78, 5) is 0. The van der Waals surface area contributed by atoms with Gasteiger partial charge in [0.2, 0.25) is 0 Å². The third kappa shape index (κ3) is 14.2. The normalized spacial score (nSPS) is 13.6. The van der Waals surface area contributed by atoms with E-state index < -0.39 is 33.8 Å². The fourth-order valence-corrected chi connectivity index (χ4v) is 14.7. The lowest BCUT2D eigenvalue weighted by Gasteiger charge is -2.34. The van der Waals surface area contributed by atoms with Crippen molar-refractivity contribution in [3.05, 3.63) is 178 Å². The number of benzene rings is 8. The van der Waals surface area contributed by atoms with Crippen LogP contribution in [0.1, 0.15) is 219 Å². The summed E-state index contributed by atoms with van der Waals surface area (Å²) in [6.45, 7) is 55.4. The molecule has 0 saturated heterocycles. The van der Waals surface area contributed by atoms with Gasteiger partial charge in [0, 0.05) is 49.7 Å². The van der Waals surface area contributed by atoms with Crippen molar-refractivity contribution in [2.75, 3.05) is 13.2 Å². The largest absolute Gasteiger partial charge is 0.505 e. The van der Waals surface area contributed by atoms with Crippen molar-refractivity contribution in [2.45, 2.75) is 218 Å². The van der Waals surface area contributed by atoms with Crippen molar-refractivity contribution in [1.29, 1.82) is 0 Å². The maximum absolute atomic E-state index is 17.1. The highest BCUT2D eigenvalue weighted by Crippen LogP contribution is 2.51. The Morgan fingerprint density at radius 1 is 0.347 bits per heavy atom. The van der Waals surface area contributed by atoms with Crippen molar-refractivity contribution in [3.8, 4) is 56.6 Å². The first-order valence-corrected chi connectivity index (χ1v) is 34.4. The van der Waals surface area contributed by atoms with Crippen LogP contribution in [0.2, 0.25) is 0 Å². The Morgan fingerprint density at radius 2 is 0.632 bits per heavy atom. The molecule has 0 spiro atoms. The highest BCUT2D eigenvalue weighted by atomic mass is 19.1. The number of fused-ring (bicyclic) bond motifs is 6. The van der Waals surface area contributed by atoms with E-state index in [2.05, 4.69) is 267 Å². The van der Waals surface area contributed by atoms with Crippen molar-refractivity contribution < 1.29 is 28.5 Å². The molecule has 10 rings (SSSR count). The molecular formula is C87H108F2N2O4. The molecule has 2 aromatic heterocycles. The number of rotatable bonds is 14.